The molecule has 1 aliphatic rings. The van der Waals surface area contributed by atoms with Gasteiger partial charge in [0.15, 0.2) is 0 Å². The molecule has 1 heterocycles. The first kappa shape index (κ1) is 13.1. The van der Waals surface area contributed by atoms with Crippen LogP contribution in [0.2, 0.25) is 0 Å². The molecular weight excluding hydrogens is 226 g/mol. The monoisotopic (exact) mass is 247 g/mol. The number of hydrogen-bond donors (Lipinski definition) is 2. The normalized spacial score (nSPS) is 20.0. The zero-order valence-electron chi connectivity index (χ0n) is 10.9. The summed E-state index contributed by atoms with van der Waals surface area (Å²) in [6.07, 6.45) is 2.38. The van der Waals surface area contributed by atoms with Crippen molar-refractivity contribution in [3.05, 3.63) is 29.8 Å². The second-order valence-corrected chi connectivity index (χ2v) is 4.91. The molecule has 1 aromatic carbocycles. The van der Waals surface area contributed by atoms with Gasteiger partial charge in [-0.1, -0.05) is 12.1 Å². The second kappa shape index (κ2) is 5.98. The van der Waals surface area contributed by atoms with Gasteiger partial charge in [0.25, 0.3) is 0 Å². The van der Waals surface area contributed by atoms with Gasteiger partial charge in [-0.2, -0.15) is 0 Å². The lowest BCUT2D eigenvalue weighted by molar-refractivity contribution is -0.117. The van der Waals surface area contributed by atoms with Crippen LogP contribution in [0.1, 0.15) is 25.3 Å². The number of nitrogens with one attached hydrogen (secondary N) is 1. The van der Waals surface area contributed by atoms with Crippen LogP contribution in [0.15, 0.2) is 24.3 Å². The number of carbonyl (C=O) groups is 1. The molecule has 0 spiro atoms. The maximum absolute atomic E-state index is 11.9. The van der Waals surface area contributed by atoms with E-state index in [0.29, 0.717) is 19.1 Å². The molecule has 1 fully saturated rings. The molecule has 3 N–H and O–H groups in total. The molecule has 4 heteroatoms. The maximum atomic E-state index is 11.9. The molecule has 0 radical (unpaired) electrons. The quantitative estimate of drug-likeness (QED) is 0.849. The summed E-state index contributed by atoms with van der Waals surface area (Å²) < 4.78 is 0. The topological polar surface area (TPSA) is 58.4 Å². The average molecular weight is 247 g/mol. The van der Waals surface area contributed by atoms with Crippen molar-refractivity contribution in [3.8, 4) is 0 Å². The first-order chi connectivity index (χ1) is 8.69. The lowest BCUT2D eigenvalue weighted by atomic mass is 10.2. The molecule has 1 aromatic rings. The minimum atomic E-state index is 0.0536. The Morgan fingerprint density at radius 2 is 2.39 bits per heavy atom. The first-order valence-electron chi connectivity index (χ1n) is 6.52. The Hall–Kier alpha value is -1.39. The minimum absolute atomic E-state index is 0.0536. The van der Waals surface area contributed by atoms with Gasteiger partial charge < -0.3 is 11.1 Å². The lowest BCUT2D eigenvalue weighted by Gasteiger charge is -2.20. The van der Waals surface area contributed by atoms with E-state index in [1.54, 1.807) is 0 Å². The third kappa shape index (κ3) is 3.31. The van der Waals surface area contributed by atoms with Gasteiger partial charge in [-0.25, -0.2) is 0 Å². The molecule has 1 unspecified atom stereocenters. The molecule has 4 nitrogen and oxygen atoms in total. The SMILES string of the molecule is CC1CCCN1CC(=O)Nc1cccc(CN)c1. The van der Waals surface area contributed by atoms with Gasteiger partial charge >= 0.3 is 0 Å². The smallest absolute Gasteiger partial charge is 0.238 e. The molecule has 1 saturated heterocycles. The molecule has 1 atom stereocenters. The Morgan fingerprint density at radius 3 is 3.06 bits per heavy atom. The van der Waals surface area contributed by atoms with Crippen molar-refractivity contribution in [1.29, 1.82) is 0 Å². The second-order valence-electron chi connectivity index (χ2n) is 4.91. The van der Waals surface area contributed by atoms with Crippen molar-refractivity contribution in [3.63, 3.8) is 0 Å². The van der Waals surface area contributed by atoms with E-state index in [4.69, 9.17) is 5.73 Å². The summed E-state index contributed by atoms with van der Waals surface area (Å²) in [4.78, 5) is 14.2. The first-order valence-corrected chi connectivity index (χ1v) is 6.52. The number of amides is 1. The van der Waals surface area contributed by atoms with E-state index in [-0.39, 0.29) is 5.91 Å². The van der Waals surface area contributed by atoms with Gasteiger partial charge in [-0.15, -0.1) is 0 Å². The summed E-state index contributed by atoms with van der Waals surface area (Å²) >= 11 is 0. The Labute approximate surface area is 108 Å². The van der Waals surface area contributed by atoms with Crippen LogP contribution in [0, 0.1) is 0 Å². The molecule has 0 saturated carbocycles. The standard InChI is InChI=1S/C14H21N3O/c1-11-4-3-7-17(11)10-14(18)16-13-6-2-5-12(8-13)9-15/h2,5-6,8,11H,3-4,7,9-10,15H2,1H3,(H,16,18). The highest BCUT2D eigenvalue weighted by Crippen LogP contribution is 2.16. The maximum Gasteiger partial charge on any atom is 0.238 e. The van der Waals surface area contributed by atoms with E-state index < -0.39 is 0 Å². The summed E-state index contributed by atoms with van der Waals surface area (Å²) in [5.41, 5.74) is 7.44. The fourth-order valence-electron chi connectivity index (χ4n) is 2.39. The summed E-state index contributed by atoms with van der Waals surface area (Å²) in [5, 5.41) is 2.93. The van der Waals surface area contributed by atoms with Crippen LogP contribution >= 0.6 is 0 Å². The molecule has 18 heavy (non-hydrogen) atoms. The fraction of sp³-hybridized carbons (Fsp3) is 0.500. The van der Waals surface area contributed by atoms with Crippen LogP contribution in [0.5, 0.6) is 0 Å². The van der Waals surface area contributed by atoms with Crippen molar-refractivity contribution in [2.75, 3.05) is 18.4 Å². The third-order valence-corrected chi connectivity index (χ3v) is 3.48. The van der Waals surface area contributed by atoms with E-state index in [2.05, 4.69) is 17.1 Å². The van der Waals surface area contributed by atoms with Crippen LogP contribution in [-0.4, -0.2) is 29.9 Å². The van der Waals surface area contributed by atoms with Gasteiger partial charge in [0.1, 0.15) is 0 Å². The number of benzene rings is 1. The highest BCUT2D eigenvalue weighted by Gasteiger charge is 2.22. The summed E-state index contributed by atoms with van der Waals surface area (Å²) in [5.74, 6) is 0.0536. The van der Waals surface area contributed by atoms with Crippen molar-refractivity contribution in [1.82, 2.24) is 4.90 Å². The van der Waals surface area contributed by atoms with E-state index in [0.717, 1.165) is 17.8 Å². The average Bonchev–Trinajstić information content (AvgIpc) is 2.75. The van der Waals surface area contributed by atoms with Crippen LogP contribution in [0.4, 0.5) is 5.69 Å². The molecule has 98 valence electrons. The number of hydrogen-bond acceptors (Lipinski definition) is 3. The van der Waals surface area contributed by atoms with Crippen molar-refractivity contribution >= 4 is 11.6 Å². The van der Waals surface area contributed by atoms with Crippen molar-refractivity contribution in [2.24, 2.45) is 5.73 Å². The van der Waals surface area contributed by atoms with E-state index in [1.165, 1.54) is 12.8 Å². The number of anilines is 1. The van der Waals surface area contributed by atoms with E-state index >= 15 is 0 Å². The number of nitrogens with zero attached hydrogens (tertiary/aromatic N) is 1. The summed E-state index contributed by atoms with van der Waals surface area (Å²) in [7, 11) is 0. The highest BCUT2D eigenvalue weighted by molar-refractivity contribution is 5.92. The third-order valence-electron chi connectivity index (χ3n) is 3.48. The largest absolute Gasteiger partial charge is 0.326 e. The summed E-state index contributed by atoms with van der Waals surface area (Å²) in [6, 6.07) is 8.20. The fourth-order valence-corrected chi connectivity index (χ4v) is 2.39. The number of rotatable bonds is 4. The summed E-state index contributed by atoms with van der Waals surface area (Å²) in [6.45, 7) is 4.17. The Balaban J connectivity index is 1.90. The highest BCUT2D eigenvalue weighted by atomic mass is 16.2. The molecule has 0 aromatic heterocycles. The predicted molar refractivity (Wildman–Crippen MR) is 73.2 cm³/mol. The molecule has 2 rings (SSSR count). The van der Waals surface area contributed by atoms with Gasteiger partial charge in [-0.3, -0.25) is 9.69 Å². The molecule has 1 amide bonds. The number of likely N-dealkylation sites (tertiary alicyclic amines) is 1. The van der Waals surface area contributed by atoms with Gasteiger partial charge in [0.05, 0.1) is 6.54 Å². The molecular formula is C14H21N3O. The van der Waals surface area contributed by atoms with Crippen molar-refractivity contribution in [2.45, 2.75) is 32.4 Å². The van der Waals surface area contributed by atoms with E-state index in [9.17, 15) is 4.79 Å². The zero-order chi connectivity index (χ0) is 13.0. The lowest BCUT2D eigenvalue weighted by Crippen LogP contribution is -2.35. The van der Waals surface area contributed by atoms with Crippen LogP contribution < -0.4 is 11.1 Å². The van der Waals surface area contributed by atoms with Crippen molar-refractivity contribution < 1.29 is 4.79 Å². The predicted octanol–water partition coefficient (Wildman–Crippen LogP) is 1.57. The molecule has 0 bridgehead atoms. The Kier molecular flexibility index (Phi) is 4.33. The van der Waals surface area contributed by atoms with E-state index in [1.807, 2.05) is 24.3 Å². The molecule has 1 aliphatic heterocycles. The molecule has 0 aliphatic carbocycles. The minimum Gasteiger partial charge on any atom is -0.326 e. The van der Waals surface area contributed by atoms with Gasteiger partial charge in [0, 0.05) is 18.3 Å². The Morgan fingerprint density at radius 1 is 1.56 bits per heavy atom. The van der Waals surface area contributed by atoms with Crippen LogP contribution in [0.25, 0.3) is 0 Å². The zero-order valence-corrected chi connectivity index (χ0v) is 10.9. The van der Waals surface area contributed by atoms with Gasteiger partial charge in [0.2, 0.25) is 5.91 Å². The Bertz CT molecular complexity index is 419. The van der Waals surface area contributed by atoms with Gasteiger partial charge in [-0.05, 0) is 44.0 Å². The van der Waals surface area contributed by atoms with Crippen LogP contribution in [0.3, 0.4) is 0 Å². The number of carbonyl (C=O) groups excluding carboxylic acids is 1. The number of nitrogens with two attached hydrogens (primary N) is 1. The van der Waals surface area contributed by atoms with Crippen LogP contribution in [-0.2, 0) is 11.3 Å².